The number of morpholine rings is 1. The molecule has 1 amide bonds. The monoisotopic (exact) mass is 377 g/mol. The van der Waals surface area contributed by atoms with E-state index in [1.54, 1.807) is 23.3 Å². The van der Waals surface area contributed by atoms with Crippen molar-refractivity contribution in [1.29, 1.82) is 0 Å². The van der Waals surface area contributed by atoms with Crippen molar-refractivity contribution in [3.8, 4) is 5.69 Å². The molecule has 4 rings (SSSR count). The van der Waals surface area contributed by atoms with Gasteiger partial charge in [-0.1, -0.05) is 6.07 Å². The van der Waals surface area contributed by atoms with E-state index in [2.05, 4.69) is 20.3 Å². The highest BCUT2D eigenvalue weighted by atomic mass is 16.5. The van der Waals surface area contributed by atoms with Crippen molar-refractivity contribution in [2.75, 3.05) is 32.8 Å². The van der Waals surface area contributed by atoms with E-state index in [1.807, 2.05) is 48.7 Å². The maximum absolute atomic E-state index is 12.8. The molecule has 2 aromatic heterocycles. The maximum atomic E-state index is 12.8. The van der Waals surface area contributed by atoms with E-state index < -0.39 is 0 Å². The summed E-state index contributed by atoms with van der Waals surface area (Å²) in [5.74, 6) is -0.0960. The van der Waals surface area contributed by atoms with Crippen LogP contribution in [0.5, 0.6) is 0 Å². The minimum absolute atomic E-state index is 0.0881. The van der Waals surface area contributed by atoms with E-state index >= 15 is 0 Å². The Morgan fingerprint density at radius 1 is 1.11 bits per heavy atom. The minimum atomic E-state index is -0.0960. The van der Waals surface area contributed by atoms with Crippen molar-refractivity contribution >= 4 is 5.91 Å². The van der Waals surface area contributed by atoms with Crippen LogP contribution in [0.15, 0.2) is 67.3 Å². The number of ether oxygens (including phenoxy) is 1. The van der Waals surface area contributed by atoms with E-state index in [1.165, 1.54) is 0 Å². The zero-order valence-electron chi connectivity index (χ0n) is 15.6. The number of rotatable bonds is 6. The van der Waals surface area contributed by atoms with Crippen molar-refractivity contribution in [1.82, 2.24) is 25.0 Å². The van der Waals surface area contributed by atoms with Gasteiger partial charge in [0.15, 0.2) is 0 Å². The smallest absolute Gasteiger partial charge is 0.251 e. The van der Waals surface area contributed by atoms with Crippen LogP contribution in [0.4, 0.5) is 0 Å². The molecule has 1 atom stereocenters. The predicted molar refractivity (Wildman–Crippen MR) is 105 cm³/mol. The number of nitrogens with one attached hydrogen (secondary N) is 1. The first-order valence-corrected chi connectivity index (χ1v) is 9.41. The SMILES string of the molecule is O=C(NC[C@H](c1ccncc1)N1CCOCC1)c1cccc(-n2cccn2)c1. The molecule has 1 fully saturated rings. The summed E-state index contributed by atoms with van der Waals surface area (Å²) in [6, 6.07) is 13.4. The summed E-state index contributed by atoms with van der Waals surface area (Å²) < 4.78 is 7.22. The third-order valence-electron chi connectivity index (χ3n) is 4.91. The van der Waals surface area contributed by atoms with Gasteiger partial charge in [0.05, 0.1) is 24.9 Å². The van der Waals surface area contributed by atoms with E-state index in [0.717, 1.165) is 24.3 Å². The maximum Gasteiger partial charge on any atom is 0.251 e. The molecule has 0 aliphatic carbocycles. The lowest BCUT2D eigenvalue weighted by molar-refractivity contribution is 0.0162. The molecule has 7 heteroatoms. The molecule has 0 saturated carbocycles. The summed E-state index contributed by atoms with van der Waals surface area (Å²) in [5.41, 5.74) is 2.61. The zero-order valence-corrected chi connectivity index (χ0v) is 15.6. The van der Waals surface area contributed by atoms with Crippen LogP contribution in [0.1, 0.15) is 22.0 Å². The van der Waals surface area contributed by atoms with E-state index in [0.29, 0.717) is 25.3 Å². The highest BCUT2D eigenvalue weighted by Crippen LogP contribution is 2.21. The van der Waals surface area contributed by atoms with Gasteiger partial charge in [-0.15, -0.1) is 0 Å². The Morgan fingerprint density at radius 2 is 1.93 bits per heavy atom. The number of hydrogen-bond acceptors (Lipinski definition) is 5. The van der Waals surface area contributed by atoms with Crippen molar-refractivity contribution in [3.63, 3.8) is 0 Å². The summed E-state index contributed by atoms with van der Waals surface area (Å²) in [6.45, 7) is 3.63. The molecule has 7 nitrogen and oxygen atoms in total. The fourth-order valence-corrected chi connectivity index (χ4v) is 3.44. The third-order valence-corrected chi connectivity index (χ3v) is 4.91. The van der Waals surface area contributed by atoms with Gasteiger partial charge in [-0.25, -0.2) is 4.68 Å². The number of carbonyl (C=O) groups excluding carboxylic acids is 1. The number of hydrogen-bond donors (Lipinski definition) is 1. The van der Waals surface area contributed by atoms with Gasteiger partial charge in [0.1, 0.15) is 0 Å². The Balaban J connectivity index is 1.47. The average Bonchev–Trinajstić information content (AvgIpc) is 3.30. The van der Waals surface area contributed by atoms with Crippen molar-refractivity contribution in [3.05, 3.63) is 78.4 Å². The molecule has 1 aromatic carbocycles. The summed E-state index contributed by atoms with van der Waals surface area (Å²) in [7, 11) is 0. The van der Waals surface area contributed by atoms with Gasteiger partial charge in [-0.3, -0.25) is 14.7 Å². The average molecular weight is 377 g/mol. The first-order chi connectivity index (χ1) is 13.8. The van der Waals surface area contributed by atoms with Crippen molar-refractivity contribution in [2.24, 2.45) is 0 Å². The van der Waals surface area contributed by atoms with E-state index in [9.17, 15) is 4.79 Å². The number of carbonyl (C=O) groups is 1. The molecule has 1 saturated heterocycles. The van der Waals surface area contributed by atoms with Crippen LogP contribution in [0, 0.1) is 0 Å². The quantitative estimate of drug-likeness (QED) is 0.712. The Morgan fingerprint density at radius 3 is 2.68 bits per heavy atom. The van der Waals surface area contributed by atoms with Crippen LogP contribution in [0.2, 0.25) is 0 Å². The molecule has 28 heavy (non-hydrogen) atoms. The second kappa shape index (κ2) is 8.77. The van der Waals surface area contributed by atoms with E-state index in [4.69, 9.17) is 4.74 Å². The molecule has 0 spiro atoms. The Kier molecular flexibility index (Phi) is 5.75. The van der Waals surface area contributed by atoms with Gasteiger partial charge in [0.2, 0.25) is 0 Å². The molecule has 0 radical (unpaired) electrons. The fraction of sp³-hybridized carbons (Fsp3) is 0.286. The van der Waals surface area contributed by atoms with Gasteiger partial charge in [0, 0.05) is 50.0 Å². The van der Waals surface area contributed by atoms with Crippen molar-refractivity contribution < 1.29 is 9.53 Å². The molecule has 3 heterocycles. The summed E-state index contributed by atoms with van der Waals surface area (Å²) in [6.07, 6.45) is 7.15. The molecule has 0 unspecified atom stereocenters. The van der Waals surface area contributed by atoms with Crippen LogP contribution in [0.25, 0.3) is 5.69 Å². The predicted octanol–water partition coefficient (Wildman–Crippen LogP) is 2.07. The minimum Gasteiger partial charge on any atom is -0.379 e. The van der Waals surface area contributed by atoms with Gasteiger partial charge >= 0.3 is 0 Å². The lowest BCUT2D eigenvalue weighted by atomic mass is 10.1. The van der Waals surface area contributed by atoms with Gasteiger partial charge < -0.3 is 10.1 Å². The molecule has 0 bridgehead atoms. The topological polar surface area (TPSA) is 72.3 Å². The summed E-state index contributed by atoms with van der Waals surface area (Å²) in [5, 5.41) is 7.32. The summed E-state index contributed by atoms with van der Waals surface area (Å²) in [4.78, 5) is 19.2. The van der Waals surface area contributed by atoms with Crippen LogP contribution in [0.3, 0.4) is 0 Å². The lowest BCUT2D eigenvalue weighted by Crippen LogP contribution is -2.43. The standard InChI is InChI=1S/C21H23N5O2/c27-21(18-3-1-4-19(15-18)26-10-2-7-24-26)23-16-20(17-5-8-22-9-6-17)25-11-13-28-14-12-25/h1-10,15,20H,11-14,16H2,(H,23,27)/t20-/m1/s1. The Bertz CT molecular complexity index is 892. The lowest BCUT2D eigenvalue weighted by Gasteiger charge is -2.34. The molecule has 1 N–H and O–H groups in total. The normalized spacial score (nSPS) is 15.9. The van der Waals surface area contributed by atoms with Crippen LogP contribution < -0.4 is 5.32 Å². The molecule has 3 aromatic rings. The summed E-state index contributed by atoms with van der Waals surface area (Å²) >= 11 is 0. The largest absolute Gasteiger partial charge is 0.379 e. The second-order valence-electron chi connectivity index (χ2n) is 6.66. The molecule has 1 aliphatic heterocycles. The molecular formula is C21H23N5O2. The van der Waals surface area contributed by atoms with Gasteiger partial charge in [0.25, 0.3) is 5.91 Å². The number of amides is 1. The van der Waals surface area contributed by atoms with Gasteiger partial charge in [-0.05, 0) is 42.0 Å². The van der Waals surface area contributed by atoms with Crippen LogP contribution >= 0.6 is 0 Å². The highest BCUT2D eigenvalue weighted by Gasteiger charge is 2.23. The first-order valence-electron chi connectivity index (χ1n) is 9.41. The van der Waals surface area contributed by atoms with Crippen LogP contribution in [-0.2, 0) is 4.74 Å². The van der Waals surface area contributed by atoms with Crippen LogP contribution in [-0.4, -0.2) is 58.4 Å². The Hall–Kier alpha value is -3.03. The number of pyridine rings is 1. The molecule has 144 valence electrons. The molecular weight excluding hydrogens is 354 g/mol. The third kappa shape index (κ3) is 4.27. The van der Waals surface area contributed by atoms with Gasteiger partial charge in [-0.2, -0.15) is 5.10 Å². The molecule has 1 aliphatic rings. The highest BCUT2D eigenvalue weighted by molar-refractivity contribution is 5.94. The fourth-order valence-electron chi connectivity index (χ4n) is 3.44. The second-order valence-corrected chi connectivity index (χ2v) is 6.66. The number of aromatic nitrogens is 3. The number of nitrogens with zero attached hydrogens (tertiary/aromatic N) is 4. The van der Waals surface area contributed by atoms with Crippen molar-refractivity contribution in [2.45, 2.75) is 6.04 Å². The first kappa shape index (κ1) is 18.3. The Labute approximate surface area is 164 Å². The number of benzene rings is 1. The van der Waals surface area contributed by atoms with E-state index in [-0.39, 0.29) is 11.9 Å². The zero-order chi connectivity index (χ0) is 19.2.